The summed E-state index contributed by atoms with van der Waals surface area (Å²) in [4.78, 5) is 9.63. The summed E-state index contributed by atoms with van der Waals surface area (Å²) in [6.45, 7) is 2.60. The maximum absolute atomic E-state index is 12.0. The van der Waals surface area contributed by atoms with E-state index in [-0.39, 0.29) is 17.4 Å². The molecular weight excluding hydrogens is 424 g/mol. The number of pyridine rings is 1. The molecule has 0 aliphatic carbocycles. The van der Waals surface area contributed by atoms with Gasteiger partial charge in [-0.05, 0) is 45.0 Å². The minimum Gasteiger partial charge on any atom is -0.383 e. The SMILES string of the molecule is CNCc1c(C2CCS(=O)(=O)CC2)nc2c(-c3cnc4ccc(C)cc4c3)cnn2c1N. The van der Waals surface area contributed by atoms with Crippen LogP contribution in [0.4, 0.5) is 5.82 Å². The molecule has 8 nitrogen and oxygen atoms in total. The molecule has 4 heterocycles. The Morgan fingerprint density at radius 3 is 2.72 bits per heavy atom. The van der Waals surface area contributed by atoms with E-state index >= 15 is 0 Å². The molecular formula is C23H26N6O2S. The highest BCUT2D eigenvalue weighted by atomic mass is 32.2. The van der Waals surface area contributed by atoms with Crippen LogP contribution in [0.5, 0.6) is 0 Å². The molecule has 0 bridgehead atoms. The van der Waals surface area contributed by atoms with Gasteiger partial charge < -0.3 is 11.1 Å². The van der Waals surface area contributed by atoms with Crippen LogP contribution in [0.15, 0.2) is 36.7 Å². The first kappa shape index (κ1) is 20.8. The number of fused-ring (bicyclic) bond motifs is 2. The fourth-order valence-corrected chi connectivity index (χ4v) is 6.02. The Bertz CT molecular complexity index is 1430. The fourth-order valence-electron chi connectivity index (χ4n) is 4.53. The molecule has 4 aromatic rings. The van der Waals surface area contributed by atoms with Crippen molar-refractivity contribution in [2.75, 3.05) is 24.3 Å². The van der Waals surface area contributed by atoms with Crippen LogP contribution < -0.4 is 11.1 Å². The summed E-state index contributed by atoms with van der Waals surface area (Å²) < 4.78 is 25.6. The Labute approximate surface area is 186 Å². The molecule has 32 heavy (non-hydrogen) atoms. The second-order valence-electron chi connectivity index (χ2n) is 8.53. The van der Waals surface area contributed by atoms with Gasteiger partial charge in [-0.25, -0.2) is 13.4 Å². The Balaban J connectivity index is 1.67. The highest BCUT2D eigenvalue weighted by Gasteiger charge is 2.29. The van der Waals surface area contributed by atoms with Gasteiger partial charge in [0.25, 0.3) is 0 Å². The third-order valence-electron chi connectivity index (χ3n) is 6.26. The smallest absolute Gasteiger partial charge is 0.165 e. The molecule has 3 N–H and O–H groups in total. The van der Waals surface area contributed by atoms with E-state index in [1.54, 1.807) is 10.7 Å². The molecule has 0 saturated carbocycles. The van der Waals surface area contributed by atoms with E-state index in [2.05, 4.69) is 34.5 Å². The van der Waals surface area contributed by atoms with Crippen LogP contribution in [0.1, 0.15) is 35.6 Å². The Morgan fingerprint density at radius 2 is 1.97 bits per heavy atom. The van der Waals surface area contributed by atoms with Gasteiger partial charge in [-0.15, -0.1) is 0 Å². The van der Waals surface area contributed by atoms with Crippen LogP contribution in [0.2, 0.25) is 0 Å². The zero-order chi connectivity index (χ0) is 22.5. The van der Waals surface area contributed by atoms with Crippen molar-refractivity contribution in [3.05, 3.63) is 53.5 Å². The number of rotatable bonds is 4. The van der Waals surface area contributed by atoms with Gasteiger partial charge in [0.1, 0.15) is 15.7 Å². The second kappa shape index (κ2) is 7.83. The second-order valence-corrected chi connectivity index (χ2v) is 10.8. The number of nitrogens with one attached hydrogen (secondary N) is 1. The van der Waals surface area contributed by atoms with E-state index in [0.717, 1.165) is 33.3 Å². The number of hydrogen-bond donors (Lipinski definition) is 2. The zero-order valence-corrected chi connectivity index (χ0v) is 19.0. The maximum Gasteiger partial charge on any atom is 0.165 e. The number of sulfone groups is 1. The Hall–Kier alpha value is -3.04. The van der Waals surface area contributed by atoms with Gasteiger partial charge in [0.2, 0.25) is 0 Å². The summed E-state index contributed by atoms with van der Waals surface area (Å²) in [6, 6.07) is 8.27. The van der Waals surface area contributed by atoms with Crippen molar-refractivity contribution in [3.63, 3.8) is 0 Å². The molecule has 5 rings (SSSR count). The molecule has 1 saturated heterocycles. The lowest BCUT2D eigenvalue weighted by Gasteiger charge is -2.24. The van der Waals surface area contributed by atoms with E-state index in [0.29, 0.717) is 30.9 Å². The minimum absolute atomic E-state index is 0.0503. The highest BCUT2D eigenvalue weighted by molar-refractivity contribution is 7.91. The van der Waals surface area contributed by atoms with E-state index in [4.69, 9.17) is 10.7 Å². The van der Waals surface area contributed by atoms with Crippen LogP contribution in [0, 0.1) is 6.92 Å². The molecule has 0 atom stereocenters. The molecule has 0 unspecified atom stereocenters. The lowest BCUT2D eigenvalue weighted by molar-refractivity contribution is 0.541. The van der Waals surface area contributed by atoms with Crippen molar-refractivity contribution >= 4 is 32.2 Å². The molecule has 1 aromatic carbocycles. The molecule has 0 amide bonds. The molecule has 0 spiro atoms. The van der Waals surface area contributed by atoms with Crippen molar-refractivity contribution < 1.29 is 8.42 Å². The largest absolute Gasteiger partial charge is 0.383 e. The normalized spacial score (nSPS) is 16.7. The topological polar surface area (TPSA) is 115 Å². The summed E-state index contributed by atoms with van der Waals surface area (Å²) in [5.41, 5.74) is 12.8. The quantitative estimate of drug-likeness (QED) is 0.491. The van der Waals surface area contributed by atoms with Gasteiger partial charge in [0, 0.05) is 40.7 Å². The summed E-state index contributed by atoms with van der Waals surface area (Å²) >= 11 is 0. The first-order chi connectivity index (χ1) is 15.4. The monoisotopic (exact) mass is 450 g/mol. The summed E-state index contributed by atoms with van der Waals surface area (Å²) in [7, 11) is -1.11. The number of aryl methyl sites for hydroxylation is 1. The van der Waals surface area contributed by atoms with Crippen molar-refractivity contribution in [1.29, 1.82) is 0 Å². The number of nitrogen functional groups attached to an aromatic ring is 1. The molecule has 166 valence electrons. The van der Waals surface area contributed by atoms with Gasteiger partial charge in [0.15, 0.2) is 5.65 Å². The molecule has 1 aliphatic rings. The van der Waals surface area contributed by atoms with E-state index in [1.165, 1.54) is 5.56 Å². The average molecular weight is 451 g/mol. The average Bonchev–Trinajstić information content (AvgIpc) is 3.19. The van der Waals surface area contributed by atoms with Crippen LogP contribution in [0.25, 0.3) is 27.7 Å². The van der Waals surface area contributed by atoms with E-state index < -0.39 is 9.84 Å². The molecule has 0 radical (unpaired) electrons. The number of benzene rings is 1. The number of hydrogen-bond acceptors (Lipinski definition) is 7. The maximum atomic E-state index is 12.0. The first-order valence-electron chi connectivity index (χ1n) is 10.7. The predicted molar refractivity (Wildman–Crippen MR) is 126 cm³/mol. The van der Waals surface area contributed by atoms with E-state index in [9.17, 15) is 8.42 Å². The minimum atomic E-state index is -2.97. The zero-order valence-electron chi connectivity index (χ0n) is 18.2. The summed E-state index contributed by atoms with van der Waals surface area (Å²) in [5.74, 6) is 0.949. The summed E-state index contributed by atoms with van der Waals surface area (Å²) in [5, 5.41) is 8.74. The number of nitrogens with two attached hydrogens (primary N) is 1. The molecule has 1 fully saturated rings. The molecule has 9 heteroatoms. The van der Waals surface area contributed by atoms with Gasteiger partial charge >= 0.3 is 0 Å². The lowest BCUT2D eigenvalue weighted by atomic mass is 9.94. The van der Waals surface area contributed by atoms with Gasteiger partial charge in [-0.1, -0.05) is 11.6 Å². The molecule has 3 aromatic heterocycles. The Kier molecular flexibility index (Phi) is 5.10. The van der Waals surface area contributed by atoms with Crippen LogP contribution >= 0.6 is 0 Å². The number of nitrogens with zero attached hydrogens (tertiary/aromatic N) is 4. The highest BCUT2D eigenvalue weighted by Crippen LogP contribution is 2.35. The van der Waals surface area contributed by atoms with Gasteiger partial charge in [-0.2, -0.15) is 9.61 Å². The third kappa shape index (κ3) is 3.61. The van der Waals surface area contributed by atoms with Crippen molar-refractivity contribution in [1.82, 2.24) is 24.9 Å². The Morgan fingerprint density at radius 1 is 1.19 bits per heavy atom. The van der Waals surface area contributed by atoms with Crippen molar-refractivity contribution in [2.24, 2.45) is 0 Å². The molecule has 1 aliphatic heterocycles. The van der Waals surface area contributed by atoms with Crippen LogP contribution in [-0.2, 0) is 16.4 Å². The first-order valence-corrected chi connectivity index (χ1v) is 12.6. The van der Waals surface area contributed by atoms with E-state index in [1.807, 2.05) is 25.4 Å². The van der Waals surface area contributed by atoms with Gasteiger partial charge in [0.05, 0.1) is 28.9 Å². The van der Waals surface area contributed by atoms with Gasteiger partial charge in [-0.3, -0.25) is 4.98 Å². The fraction of sp³-hybridized carbons (Fsp3) is 0.348. The number of anilines is 1. The predicted octanol–water partition coefficient (Wildman–Crippen LogP) is 2.85. The standard InChI is InChI=1S/C23H26N6O2S/c1-14-3-4-20-16(9-14)10-17(11-26-20)18-13-27-29-22(24)19(12-25-2)21(28-23(18)29)15-5-7-32(30,31)8-6-15/h3-4,9-11,13,15,25H,5-8,12,24H2,1-2H3. The summed E-state index contributed by atoms with van der Waals surface area (Å²) in [6.07, 6.45) is 4.72. The van der Waals surface area contributed by atoms with Crippen molar-refractivity contribution in [3.8, 4) is 11.1 Å². The van der Waals surface area contributed by atoms with Crippen LogP contribution in [0.3, 0.4) is 0 Å². The number of aromatic nitrogens is 4. The third-order valence-corrected chi connectivity index (χ3v) is 7.97. The lowest BCUT2D eigenvalue weighted by Crippen LogP contribution is -2.25. The van der Waals surface area contributed by atoms with Crippen LogP contribution in [-0.4, -0.2) is 46.6 Å². The van der Waals surface area contributed by atoms with Crippen molar-refractivity contribution in [2.45, 2.75) is 32.2 Å².